The molecule has 37 heavy (non-hydrogen) atoms. The highest BCUT2D eigenvalue weighted by Crippen LogP contribution is 2.52. The Morgan fingerprint density at radius 3 is 2.35 bits per heavy atom. The second kappa shape index (κ2) is 9.14. The highest BCUT2D eigenvalue weighted by Gasteiger charge is 2.47. The lowest BCUT2D eigenvalue weighted by molar-refractivity contribution is -0.293. The predicted octanol–water partition coefficient (Wildman–Crippen LogP) is -0.199. The summed E-state index contributed by atoms with van der Waals surface area (Å²) in [6.07, 6.45) is -8.18. The van der Waals surface area contributed by atoms with E-state index < -0.39 is 66.6 Å². The highest BCUT2D eigenvalue weighted by molar-refractivity contribution is 5.96. The summed E-state index contributed by atoms with van der Waals surface area (Å²) in [4.78, 5) is 9.71. The SMILES string of the molecule is OC[C@H]1O[C@@H](OC2=C3C=C(C(O)=[OH+])Oc4cc(O)cc(c43)OC2c2ccc(O)c(O)c2)[C@H](O)[C@H](O)[C@@H]1O. The van der Waals surface area contributed by atoms with Gasteiger partial charge in [-0.05, 0) is 12.1 Å². The van der Waals surface area contributed by atoms with Crippen molar-refractivity contribution in [1.82, 2.24) is 0 Å². The Kier molecular flexibility index (Phi) is 6.09. The fourth-order valence-electron chi connectivity index (χ4n) is 4.33. The third-order valence-corrected chi connectivity index (χ3v) is 6.18. The van der Waals surface area contributed by atoms with Gasteiger partial charge in [0.15, 0.2) is 23.4 Å². The number of ether oxygens (including phenoxy) is 4. The van der Waals surface area contributed by atoms with Crippen molar-refractivity contribution in [3.05, 3.63) is 59.1 Å². The minimum atomic E-state index is -1.79. The lowest BCUT2D eigenvalue weighted by Crippen LogP contribution is -2.59. The summed E-state index contributed by atoms with van der Waals surface area (Å²) < 4.78 is 22.9. The molecule has 1 unspecified atom stereocenters. The molecule has 5 rings (SSSR count). The first-order chi connectivity index (χ1) is 17.6. The van der Waals surface area contributed by atoms with E-state index in [1.807, 2.05) is 0 Å². The lowest BCUT2D eigenvalue weighted by Gasteiger charge is -2.41. The molecule has 3 aliphatic heterocycles. The molecule has 13 nitrogen and oxygen atoms in total. The second-order valence-electron chi connectivity index (χ2n) is 8.59. The summed E-state index contributed by atoms with van der Waals surface area (Å²) in [5, 5.41) is 80.2. The number of rotatable bonds is 5. The van der Waals surface area contributed by atoms with Crippen LogP contribution in [0, 0.1) is 0 Å². The van der Waals surface area contributed by atoms with Gasteiger partial charge < -0.3 is 64.6 Å². The number of benzene rings is 2. The van der Waals surface area contributed by atoms with E-state index in [0.717, 1.165) is 0 Å². The first-order valence-electron chi connectivity index (χ1n) is 11.0. The molecule has 2 aromatic carbocycles. The molecule has 196 valence electrons. The van der Waals surface area contributed by atoms with E-state index in [-0.39, 0.29) is 39.7 Å². The third kappa shape index (κ3) is 4.18. The number of aliphatic carboxylic acids is 1. The standard InChI is InChI=1S/C24H22O13/c25-7-16-18(29)19(30)20(31)24(36-16)37-22-10-6-15(23(32)33)34-13-4-9(26)5-14(17(10)13)35-21(22)8-1-2-11(27)12(28)3-8/h1-6,16,18-21,24-31H,7H2,(H,32,33)/p+1/t16-,18-,19-,20-,21?,24+/m1/s1. The average Bonchev–Trinajstić information content (AvgIpc) is 2.86. The molecule has 0 aromatic heterocycles. The van der Waals surface area contributed by atoms with Gasteiger partial charge in [0.05, 0.1) is 12.2 Å². The van der Waals surface area contributed by atoms with Crippen LogP contribution in [0.2, 0.25) is 0 Å². The molecule has 0 radical (unpaired) electrons. The summed E-state index contributed by atoms with van der Waals surface area (Å²) in [7, 11) is 0. The fraction of sp³-hybridized carbons (Fsp3) is 0.292. The molecule has 3 aliphatic rings. The van der Waals surface area contributed by atoms with E-state index in [4.69, 9.17) is 18.9 Å². The Morgan fingerprint density at radius 2 is 1.68 bits per heavy atom. The van der Waals surface area contributed by atoms with Gasteiger partial charge in [-0.25, -0.2) is 0 Å². The number of phenols is 3. The first-order valence-corrected chi connectivity index (χ1v) is 11.0. The number of aliphatic hydroxyl groups is 4. The maximum absolute atomic E-state index is 10.6. The van der Waals surface area contributed by atoms with Crippen LogP contribution in [0.15, 0.2) is 47.9 Å². The highest BCUT2D eigenvalue weighted by atomic mass is 16.7. The van der Waals surface area contributed by atoms with Crippen LogP contribution in [0.4, 0.5) is 0 Å². The number of aliphatic hydroxyl groups excluding tert-OH is 5. The smallest absolute Gasteiger partial charge is 0.508 e. The van der Waals surface area contributed by atoms with Crippen molar-refractivity contribution in [2.75, 3.05) is 6.61 Å². The molecule has 0 spiro atoms. The van der Waals surface area contributed by atoms with Crippen molar-refractivity contribution in [3.8, 4) is 28.7 Å². The van der Waals surface area contributed by atoms with Crippen molar-refractivity contribution in [2.45, 2.75) is 36.8 Å². The minimum Gasteiger partial charge on any atom is -0.508 e. The van der Waals surface area contributed by atoms with E-state index >= 15 is 0 Å². The van der Waals surface area contributed by atoms with Crippen LogP contribution in [0.25, 0.3) is 5.57 Å². The van der Waals surface area contributed by atoms with E-state index in [0.29, 0.717) is 0 Å². The van der Waals surface area contributed by atoms with Crippen molar-refractivity contribution >= 4 is 11.5 Å². The number of aromatic hydroxyl groups is 3. The third-order valence-electron chi connectivity index (χ3n) is 6.18. The molecular weight excluding hydrogens is 496 g/mol. The average molecular weight is 519 g/mol. The zero-order valence-electron chi connectivity index (χ0n) is 18.8. The van der Waals surface area contributed by atoms with Crippen LogP contribution in [-0.2, 0) is 9.47 Å². The molecule has 0 saturated carbocycles. The Bertz CT molecular complexity index is 1310. The van der Waals surface area contributed by atoms with E-state index in [9.17, 15) is 45.6 Å². The van der Waals surface area contributed by atoms with E-state index in [1.165, 1.54) is 36.4 Å². The van der Waals surface area contributed by atoms with Gasteiger partial charge in [-0.2, -0.15) is 0 Å². The number of hydrogen-bond donors (Lipinski definition) is 8. The van der Waals surface area contributed by atoms with Crippen molar-refractivity contribution in [2.24, 2.45) is 0 Å². The Labute approximate surface area is 207 Å². The van der Waals surface area contributed by atoms with Gasteiger partial charge in [0, 0.05) is 29.3 Å². The molecule has 6 atom stereocenters. The number of carboxylic acid groups (broad SMARTS) is 1. The maximum atomic E-state index is 10.6. The van der Waals surface area contributed by atoms with Crippen molar-refractivity contribution in [1.29, 1.82) is 0 Å². The van der Waals surface area contributed by atoms with Gasteiger partial charge in [0.2, 0.25) is 6.29 Å². The molecule has 1 fully saturated rings. The largest absolute Gasteiger partial charge is 0.552 e. The molecule has 0 amide bonds. The van der Waals surface area contributed by atoms with Crippen molar-refractivity contribution in [3.63, 3.8) is 0 Å². The lowest BCUT2D eigenvalue weighted by atomic mass is 9.92. The van der Waals surface area contributed by atoms with Crippen LogP contribution in [0.3, 0.4) is 0 Å². The Balaban J connectivity index is 1.70. The normalized spacial score (nSPS) is 28.5. The zero-order valence-corrected chi connectivity index (χ0v) is 18.8. The quantitative estimate of drug-likeness (QED) is 0.190. The second-order valence-corrected chi connectivity index (χ2v) is 8.59. The summed E-state index contributed by atoms with van der Waals surface area (Å²) in [6, 6.07) is 6.21. The zero-order chi connectivity index (χ0) is 26.6. The van der Waals surface area contributed by atoms with Gasteiger partial charge in [-0.3, -0.25) is 0 Å². The summed E-state index contributed by atoms with van der Waals surface area (Å²) in [5.41, 5.74) is 0.575. The topological polar surface area (TPSA) is 220 Å². The molecule has 2 aromatic rings. The van der Waals surface area contributed by atoms with Gasteiger partial charge in [0.1, 0.15) is 41.7 Å². The minimum absolute atomic E-state index is 0.0370. The number of allylic oxidation sites excluding steroid dienone is 2. The summed E-state index contributed by atoms with van der Waals surface area (Å²) in [6.45, 7) is -0.708. The summed E-state index contributed by atoms with van der Waals surface area (Å²) >= 11 is 0. The predicted molar refractivity (Wildman–Crippen MR) is 121 cm³/mol. The number of phenolic OH excluding ortho intramolecular Hbond substituents is 3. The molecule has 0 bridgehead atoms. The van der Waals surface area contributed by atoms with E-state index in [2.05, 4.69) is 0 Å². The number of carboxylic acids is 1. The molecular formula is C24H23O13+. The van der Waals surface area contributed by atoms with Crippen LogP contribution in [-0.4, -0.2) is 88.9 Å². The van der Waals surface area contributed by atoms with Gasteiger partial charge in [-0.15, -0.1) is 0 Å². The fourth-order valence-corrected chi connectivity index (χ4v) is 4.33. The number of hydrogen-bond acceptors (Lipinski definition) is 11. The van der Waals surface area contributed by atoms with Gasteiger partial charge in [0.25, 0.3) is 5.76 Å². The monoisotopic (exact) mass is 519 g/mol. The van der Waals surface area contributed by atoms with Crippen molar-refractivity contribution < 1.29 is 64.6 Å². The molecule has 1 saturated heterocycles. The molecule has 9 N–H and O–H groups in total. The van der Waals surface area contributed by atoms with E-state index in [1.54, 1.807) is 0 Å². The molecule has 3 heterocycles. The summed E-state index contributed by atoms with van der Waals surface area (Å²) in [5.74, 6) is -2.90. The van der Waals surface area contributed by atoms with Gasteiger partial charge >= 0.3 is 5.97 Å². The molecule has 0 aliphatic carbocycles. The van der Waals surface area contributed by atoms with Crippen LogP contribution >= 0.6 is 0 Å². The Morgan fingerprint density at radius 1 is 0.946 bits per heavy atom. The maximum Gasteiger partial charge on any atom is 0.552 e. The van der Waals surface area contributed by atoms with Gasteiger partial charge in [-0.1, -0.05) is 6.07 Å². The van der Waals surface area contributed by atoms with Crippen LogP contribution in [0.1, 0.15) is 17.2 Å². The first kappa shape index (κ1) is 24.7. The Hall–Kier alpha value is -4.01. The van der Waals surface area contributed by atoms with Crippen LogP contribution in [0.5, 0.6) is 28.7 Å². The van der Waals surface area contributed by atoms with Crippen LogP contribution < -0.4 is 9.47 Å². The molecule has 13 heteroatoms.